The maximum absolute atomic E-state index is 13.4. The zero-order chi connectivity index (χ0) is 21.7. The lowest BCUT2D eigenvalue weighted by atomic mass is 10.1. The number of hydrogen-bond acceptors (Lipinski definition) is 5. The number of nitrogens with zero attached hydrogens (tertiary/aromatic N) is 4. The highest BCUT2D eigenvalue weighted by atomic mass is 35.5. The maximum Gasteiger partial charge on any atom is 0.260 e. The first kappa shape index (κ1) is 25.1. The van der Waals surface area contributed by atoms with Crippen molar-refractivity contribution in [2.45, 2.75) is 27.2 Å². The summed E-state index contributed by atoms with van der Waals surface area (Å²) in [7, 11) is 4.04. The van der Waals surface area contributed by atoms with E-state index in [1.54, 1.807) is 11.3 Å². The Kier molecular flexibility index (Phi) is 9.29. The van der Waals surface area contributed by atoms with Crippen LogP contribution in [0.4, 0.5) is 10.8 Å². The number of thiazole rings is 1. The Morgan fingerprint density at radius 1 is 0.968 bits per heavy atom. The fourth-order valence-corrected chi connectivity index (χ4v) is 4.49. The van der Waals surface area contributed by atoms with Crippen molar-refractivity contribution < 1.29 is 4.79 Å². The minimum absolute atomic E-state index is 0. The Balaban J connectivity index is 0.00000341. The number of fused-ring (bicyclic) bond motifs is 1. The van der Waals surface area contributed by atoms with Crippen molar-refractivity contribution in [1.29, 1.82) is 0 Å². The fourth-order valence-electron chi connectivity index (χ4n) is 3.44. The monoisotopic (exact) mass is 460 g/mol. The molecule has 1 aromatic heterocycles. The van der Waals surface area contributed by atoms with E-state index in [2.05, 4.69) is 48.8 Å². The van der Waals surface area contributed by atoms with E-state index in [0.717, 1.165) is 47.1 Å². The topological polar surface area (TPSA) is 39.7 Å². The molecule has 0 aliphatic rings. The minimum atomic E-state index is -0.00211. The molecule has 2 aromatic carbocycles. The first-order valence-corrected chi connectivity index (χ1v) is 11.5. The van der Waals surface area contributed by atoms with E-state index >= 15 is 0 Å². The Morgan fingerprint density at radius 3 is 2.23 bits per heavy atom. The molecule has 0 unspecified atom stereocenters. The molecule has 0 spiro atoms. The molecule has 1 heterocycles. The summed E-state index contributed by atoms with van der Waals surface area (Å²) in [5, 5.41) is 0.762. The number of aromatic nitrogens is 1. The summed E-state index contributed by atoms with van der Waals surface area (Å²) >= 11 is 1.59. The van der Waals surface area contributed by atoms with Crippen molar-refractivity contribution >= 4 is 50.7 Å². The predicted molar refractivity (Wildman–Crippen MR) is 136 cm³/mol. The normalized spacial score (nSPS) is 10.9. The number of likely N-dealkylation sites (N-methyl/N-ethyl adjacent to an activating group) is 1. The summed E-state index contributed by atoms with van der Waals surface area (Å²) in [5.74, 6) is -0.00211. The van der Waals surface area contributed by atoms with Crippen molar-refractivity contribution in [3.8, 4) is 0 Å². The molecule has 31 heavy (non-hydrogen) atoms. The number of carbonyl (C=O) groups is 1. The van der Waals surface area contributed by atoms with E-state index < -0.39 is 0 Å². The number of aryl methyl sites for hydroxylation is 1. The summed E-state index contributed by atoms with van der Waals surface area (Å²) in [6.45, 7) is 9.71. The van der Waals surface area contributed by atoms with Crippen LogP contribution in [0.25, 0.3) is 10.2 Å². The van der Waals surface area contributed by atoms with Gasteiger partial charge >= 0.3 is 0 Å². The third kappa shape index (κ3) is 5.97. The van der Waals surface area contributed by atoms with Crippen LogP contribution in [0.2, 0.25) is 0 Å². The molecular weight excluding hydrogens is 428 g/mol. The summed E-state index contributed by atoms with van der Waals surface area (Å²) in [4.78, 5) is 24.4. The molecule has 5 nitrogen and oxygen atoms in total. The van der Waals surface area contributed by atoms with Crippen LogP contribution in [0.1, 0.15) is 36.7 Å². The molecule has 0 atom stereocenters. The van der Waals surface area contributed by atoms with Gasteiger partial charge in [-0.1, -0.05) is 24.3 Å². The van der Waals surface area contributed by atoms with Gasteiger partial charge in [-0.3, -0.25) is 9.69 Å². The minimum Gasteiger partial charge on any atom is -0.372 e. The number of anilines is 2. The number of carbonyl (C=O) groups excluding carboxylic acids is 1. The van der Waals surface area contributed by atoms with Crippen LogP contribution in [0, 0.1) is 0 Å². The largest absolute Gasteiger partial charge is 0.372 e. The van der Waals surface area contributed by atoms with Crippen molar-refractivity contribution in [1.82, 2.24) is 9.88 Å². The molecule has 0 saturated heterocycles. The van der Waals surface area contributed by atoms with Crippen molar-refractivity contribution in [2.24, 2.45) is 0 Å². The molecule has 0 fully saturated rings. The van der Waals surface area contributed by atoms with Gasteiger partial charge in [-0.2, -0.15) is 0 Å². The van der Waals surface area contributed by atoms with Crippen LogP contribution < -0.4 is 9.80 Å². The molecule has 0 saturated carbocycles. The molecule has 3 aromatic rings. The summed E-state index contributed by atoms with van der Waals surface area (Å²) in [6.07, 6.45) is 0.991. The number of benzene rings is 2. The van der Waals surface area contributed by atoms with E-state index in [0.29, 0.717) is 12.1 Å². The third-order valence-corrected chi connectivity index (χ3v) is 6.38. The van der Waals surface area contributed by atoms with Gasteiger partial charge in [-0.05, 0) is 76.3 Å². The van der Waals surface area contributed by atoms with Gasteiger partial charge in [0, 0.05) is 37.4 Å². The van der Waals surface area contributed by atoms with Crippen LogP contribution >= 0.6 is 23.7 Å². The van der Waals surface area contributed by atoms with Gasteiger partial charge in [0.15, 0.2) is 5.13 Å². The summed E-state index contributed by atoms with van der Waals surface area (Å²) in [5.41, 5.74) is 4.07. The Labute approximate surface area is 196 Å². The van der Waals surface area contributed by atoms with Crippen LogP contribution in [0.5, 0.6) is 0 Å². The Morgan fingerprint density at radius 2 is 1.65 bits per heavy atom. The van der Waals surface area contributed by atoms with Crippen LogP contribution in [0.15, 0.2) is 42.5 Å². The first-order chi connectivity index (χ1) is 14.5. The van der Waals surface area contributed by atoms with E-state index in [-0.39, 0.29) is 18.3 Å². The average molecular weight is 461 g/mol. The van der Waals surface area contributed by atoms with Gasteiger partial charge < -0.3 is 9.80 Å². The van der Waals surface area contributed by atoms with Crippen molar-refractivity contribution in [3.63, 3.8) is 0 Å². The van der Waals surface area contributed by atoms with Crippen LogP contribution in [-0.4, -0.2) is 56.1 Å². The molecule has 0 radical (unpaired) electrons. The highest BCUT2D eigenvalue weighted by Crippen LogP contribution is 2.31. The first-order valence-electron chi connectivity index (χ1n) is 10.7. The Bertz CT molecular complexity index is 983. The van der Waals surface area contributed by atoms with Gasteiger partial charge in [-0.15, -0.1) is 12.4 Å². The number of amides is 1. The van der Waals surface area contributed by atoms with Crippen LogP contribution in [-0.2, 0) is 6.42 Å². The number of hydrogen-bond donors (Lipinski definition) is 0. The molecule has 7 heteroatoms. The average Bonchev–Trinajstić information content (AvgIpc) is 3.17. The quantitative estimate of drug-likeness (QED) is 0.432. The summed E-state index contributed by atoms with van der Waals surface area (Å²) in [6, 6.07) is 14.3. The fraction of sp³-hybridized carbons (Fsp3) is 0.417. The highest BCUT2D eigenvalue weighted by Gasteiger charge is 2.21. The smallest absolute Gasteiger partial charge is 0.260 e. The lowest BCUT2D eigenvalue weighted by molar-refractivity contribution is 0.0985. The standard InChI is InChI=1S/C24H32N4OS.ClH/c1-6-18-9-14-21-22(17-18)30-24(25-21)28(16-15-26(4)5)23(29)19-10-12-20(13-11-19)27(7-2)8-3;/h9-14,17H,6-8,15-16H2,1-5H3;1H. The zero-order valence-electron chi connectivity index (χ0n) is 19.1. The zero-order valence-corrected chi connectivity index (χ0v) is 20.7. The molecule has 3 rings (SSSR count). The molecule has 168 valence electrons. The van der Waals surface area contributed by atoms with Crippen molar-refractivity contribution in [2.75, 3.05) is 50.1 Å². The molecule has 0 N–H and O–H groups in total. The second kappa shape index (κ2) is 11.5. The SMILES string of the molecule is CCc1ccc2nc(N(CCN(C)C)C(=O)c3ccc(N(CC)CC)cc3)sc2c1.Cl. The van der Waals surface area contributed by atoms with E-state index in [9.17, 15) is 4.79 Å². The lowest BCUT2D eigenvalue weighted by Crippen LogP contribution is -2.36. The molecule has 0 aliphatic heterocycles. The van der Waals surface area contributed by atoms with E-state index in [1.807, 2.05) is 43.3 Å². The van der Waals surface area contributed by atoms with Gasteiger partial charge in [0.1, 0.15) is 0 Å². The third-order valence-electron chi connectivity index (χ3n) is 5.34. The molecule has 0 aliphatic carbocycles. The highest BCUT2D eigenvalue weighted by molar-refractivity contribution is 7.22. The number of halogens is 1. The van der Waals surface area contributed by atoms with Gasteiger partial charge in [0.2, 0.25) is 0 Å². The maximum atomic E-state index is 13.4. The van der Waals surface area contributed by atoms with E-state index in [4.69, 9.17) is 4.98 Å². The lowest BCUT2D eigenvalue weighted by Gasteiger charge is -2.23. The van der Waals surface area contributed by atoms with Crippen molar-refractivity contribution in [3.05, 3.63) is 53.6 Å². The molecular formula is C24H33ClN4OS. The second-order valence-corrected chi connectivity index (χ2v) is 8.64. The van der Waals surface area contributed by atoms with Gasteiger partial charge in [-0.25, -0.2) is 4.98 Å². The van der Waals surface area contributed by atoms with Gasteiger partial charge in [0.05, 0.1) is 10.2 Å². The summed E-state index contributed by atoms with van der Waals surface area (Å²) < 4.78 is 1.13. The molecule has 1 amide bonds. The Hall–Kier alpha value is -2.15. The molecule has 0 bridgehead atoms. The number of rotatable bonds is 9. The second-order valence-electron chi connectivity index (χ2n) is 7.63. The predicted octanol–water partition coefficient (Wildman–Crippen LogP) is 5.34. The van der Waals surface area contributed by atoms with Crippen LogP contribution in [0.3, 0.4) is 0 Å². The van der Waals surface area contributed by atoms with E-state index in [1.165, 1.54) is 5.56 Å². The van der Waals surface area contributed by atoms with Gasteiger partial charge in [0.25, 0.3) is 5.91 Å².